The highest BCUT2D eigenvalue weighted by Crippen LogP contribution is 2.36. The van der Waals surface area contributed by atoms with Gasteiger partial charge in [0, 0.05) is 24.9 Å². The first-order valence-electron chi connectivity index (χ1n) is 8.95. The summed E-state index contributed by atoms with van der Waals surface area (Å²) in [5.41, 5.74) is 0.484. The molecule has 3 atom stereocenters. The zero-order valence-electron chi connectivity index (χ0n) is 14.4. The number of hydrogen-bond donors (Lipinski definition) is 0. The molecule has 0 amide bonds. The van der Waals surface area contributed by atoms with Gasteiger partial charge in [-0.25, -0.2) is 4.79 Å². The van der Waals surface area contributed by atoms with Gasteiger partial charge >= 0.3 is 5.97 Å². The Balaban J connectivity index is 1.47. The van der Waals surface area contributed by atoms with Gasteiger partial charge in [-0.3, -0.25) is 0 Å². The Bertz CT molecular complexity index is 732. The Morgan fingerprint density at radius 3 is 2.32 bits per heavy atom. The van der Waals surface area contributed by atoms with Crippen LogP contribution in [0, 0.1) is 0 Å². The topological polar surface area (TPSA) is 38.8 Å². The number of piperidine rings is 1. The molecule has 2 aromatic rings. The lowest BCUT2D eigenvalue weighted by Crippen LogP contribution is -2.43. The molecule has 1 unspecified atom stereocenters. The van der Waals surface area contributed by atoms with Gasteiger partial charge in [0.1, 0.15) is 23.2 Å². The molecule has 4 rings (SSSR count). The molecule has 4 heteroatoms. The fourth-order valence-corrected chi connectivity index (χ4v) is 4.01. The molecule has 4 nitrogen and oxygen atoms in total. The summed E-state index contributed by atoms with van der Waals surface area (Å²) in [5.74, 6) is 0.954. The molecule has 2 heterocycles. The maximum absolute atomic E-state index is 12.7. The van der Waals surface area contributed by atoms with Crippen molar-refractivity contribution in [3.63, 3.8) is 0 Å². The van der Waals surface area contributed by atoms with Gasteiger partial charge in [0.15, 0.2) is 0 Å². The average molecular weight is 337 g/mol. The highest BCUT2D eigenvalue weighted by Gasteiger charge is 2.40. The largest absolute Gasteiger partial charge is 0.459 e. The monoisotopic (exact) mass is 337 g/mol. The van der Waals surface area contributed by atoms with E-state index < -0.39 is 0 Å². The number of carbonyl (C=O) groups excluding carboxylic acids is 1. The van der Waals surface area contributed by atoms with Crippen LogP contribution in [0.1, 0.15) is 36.0 Å². The average Bonchev–Trinajstić information content (AvgIpc) is 2.84. The molecule has 0 aliphatic carbocycles. The molecule has 25 heavy (non-hydrogen) atoms. The van der Waals surface area contributed by atoms with Gasteiger partial charge in [-0.05, 0) is 44.2 Å². The van der Waals surface area contributed by atoms with Crippen molar-refractivity contribution in [1.29, 1.82) is 0 Å². The summed E-state index contributed by atoms with van der Waals surface area (Å²) in [7, 11) is 2.18. The fraction of sp³-hybridized carbons (Fsp3) is 0.381. The van der Waals surface area contributed by atoms with Crippen LogP contribution in [0.25, 0.3) is 0 Å². The standard InChI is InChI=1S/C21H23NO3/c1-22-15-11-12-16(22)14-18(13-15)25-21(23)19-9-5-6-10-20(19)24-17-7-3-2-4-8-17/h2-10,15-16,18H,11-14H2,1H3/t15-,16+,18?. The van der Waals surface area contributed by atoms with Crippen LogP contribution in [0.5, 0.6) is 11.5 Å². The van der Waals surface area contributed by atoms with Crippen LogP contribution in [-0.4, -0.2) is 36.1 Å². The van der Waals surface area contributed by atoms with Gasteiger partial charge in [0.2, 0.25) is 0 Å². The summed E-state index contributed by atoms with van der Waals surface area (Å²) in [5, 5.41) is 0. The molecule has 2 aliphatic heterocycles. The van der Waals surface area contributed by atoms with E-state index in [4.69, 9.17) is 9.47 Å². The summed E-state index contributed by atoms with van der Waals surface area (Å²) in [4.78, 5) is 15.2. The lowest BCUT2D eigenvalue weighted by Gasteiger charge is -2.35. The summed E-state index contributed by atoms with van der Waals surface area (Å²) >= 11 is 0. The minimum Gasteiger partial charge on any atom is -0.459 e. The number of para-hydroxylation sites is 2. The number of esters is 1. The van der Waals surface area contributed by atoms with Crippen LogP contribution in [0.3, 0.4) is 0 Å². The maximum Gasteiger partial charge on any atom is 0.342 e. The van der Waals surface area contributed by atoms with Crippen LogP contribution < -0.4 is 4.74 Å². The van der Waals surface area contributed by atoms with Gasteiger partial charge in [-0.15, -0.1) is 0 Å². The van der Waals surface area contributed by atoms with E-state index in [2.05, 4.69) is 11.9 Å². The van der Waals surface area contributed by atoms with Gasteiger partial charge in [-0.1, -0.05) is 30.3 Å². The molecule has 2 aromatic carbocycles. The Morgan fingerprint density at radius 2 is 1.60 bits per heavy atom. The molecule has 0 saturated carbocycles. The van der Waals surface area contributed by atoms with Crippen molar-refractivity contribution in [3.8, 4) is 11.5 Å². The predicted molar refractivity (Wildman–Crippen MR) is 96.0 cm³/mol. The van der Waals surface area contributed by atoms with E-state index in [0.29, 0.717) is 29.1 Å². The Kier molecular flexibility index (Phi) is 4.45. The van der Waals surface area contributed by atoms with Crippen LogP contribution >= 0.6 is 0 Å². The van der Waals surface area contributed by atoms with Crippen LogP contribution in [0.2, 0.25) is 0 Å². The van der Waals surface area contributed by atoms with E-state index in [9.17, 15) is 4.79 Å². The molecule has 2 bridgehead atoms. The zero-order valence-corrected chi connectivity index (χ0v) is 14.4. The number of benzene rings is 2. The molecule has 0 aromatic heterocycles. The van der Waals surface area contributed by atoms with Gasteiger partial charge in [-0.2, -0.15) is 0 Å². The van der Waals surface area contributed by atoms with E-state index in [-0.39, 0.29) is 12.1 Å². The molecule has 2 saturated heterocycles. The highest BCUT2D eigenvalue weighted by molar-refractivity contribution is 5.92. The fourth-order valence-electron chi connectivity index (χ4n) is 4.01. The number of rotatable bonds is 4. The van der Waals surface area contributed by atoms with E-state index in [0.717, 1.165) is 12.8 Å². The van der Waals surface area contributed by atoms with Crippen LogP contribution in [0.15, 0.2) is 54.6 Å². The predicted octanol–water partition coefficient (Wildman–Crippen LogP) is 4.26. The second-order valence-electron chi connectivity index (χ2n) is 6.96. The van der Waals surface area contributed by atoms with Crippen molar-refractivity contribution in [2.45, 2.75) is 43.9 Å². The first kappa shape index (κ1) is 16.2. The summed E-state index contributed by atoms with van der Waals surface area (Å²) in [6, 6.07) is 17.9. The van der Waals surface area contributed by atoms with Crippen molar-refractivity contribution in [2.24, 2.45) is 0 Å². The number of nitrogens with zero attached hydrogens (tertiary/aromatic N) is 1. The third kappa shape index (κ3) is 3.40. The van der Waals surface area contributed by atoms with E-state index in [1.165, 1.54) is 12.8 Å². The molecule has 130 valence electrons. The lowest BCUT2D eigenvalue weighted by molar-refractivity contribution is -0.000634. The quantitative estimate of drug-likeness (QED) is 0.782. The van der Waals surface area contributed by atoms with E-state index in [1.807, 2.05) is 48.5 Å². The molecule has 2 aliphatic rings. The number of carbonyl (C=O) groups is 1. The maximum atomic E-state index is 12.7. The number of fused-ring (bicyclic) bond motifs is 2. The van der Waals surface area contributed by atoms with Crippen molar-refractivity contribution < 1.29 is 14.3 Å². The van der Waals surface area contributed by atoms with Gasteiger partial charge in [0.25, 0.3) is 0 Å². The summed E-state index contributed by atoms with van der Waals surface area (Å²) in [6.45, 7) is 0. The molecular weight excluding hydrogens is 314 g/mol. The lowest BCUT2D eigenvalue weighted by atomic mass is 10.0. The van der Waals surface area contributed by atoms with Crippen LogP contribution in [0.4, 0.5) is 0 Å². The normalized spacial score (nSPS) is 25.6. The third-order valence-electron chi connectivity index (χ3n) is 5.41. The Hall–Kier alpha value is -2.33. The molecule has 0 spiro atoms. The molecule has 0 N–H and O–H groups in total. The van der Waals surface area contributed by atoms with Crippen molar-refractivity contribution in [2.75, 3.05) is 7.05 Å². The van der Waals surface area contributed by atoms with Crippen molar-refractivity contribution in [3.05, 3.63) is 60.2 Å². The third-order valence-corrected chi connectivity index (χ3v) is 5.41. The molecule has 0 radical (unpaired) electrons. The number of ether oxygens (including phenoxy) is 2. The van der Waals surface area contributed by atoms with E-state index >= 15 is 0 Å². The summed E-state index contributed by atoms with van der Waals surface area (Å²) < 4.78 is 11.7. The second-order valence-corrected chi connectivity index (χ2v) is 6.96. The first-order chi connectivity index (χ1) is 12.2. The minimum atomic E-state index is -0.291. The van der Waals surface area contributed by atoms with Crippen molar-refractivity contribution in [1.82, 2.24) is 4.90 Å². The van der Waals surface area contributed by atoms with Gasteiger partial charge < -0.3 is 14.4 Å². The zero-order chi connectivity index (χ0) is 17.2. The summed E-state index contributed by atoms with van der Waals surface area (Å²) in [6.07, 6.45) is 4.29. The number of hydrogen-bond acceptors (Lipinski definition) is 4. The smallest absolute Gasteiger partial charge is 0.342 e. The first-order valence-corrected chi connectivity index (χ1v) is 8.95. The highest BCUT2D eigenvalue weighted by atomic mass is 16.5. The van der Waals surface area contributed by atoms with E-state index in [1.54, 1.807) is 6.07 Å². The SMILES string of the molecule is CN1[C@@H]2CC[C@H]1CC(OC(=O)c1ccccc1Oc1ccccc1)C2. The Labute approximate surface area is 148 Å². The second kappa shape index (κ2) is 6.89. The Morgan fingerprint density at radius 1 is 0.960 bits per heavy atom. The molecule has 2 fully saturated rings. The van der Waals surface area contributed by atoms with Crippen molar-refractivity contribution >= 4 is 5.97 Å². The molecular formula is C21H23NO3. The van der Waals surface area contributed by atoms with Crippen LogP contribution in [-0.2, 0) is 4.74 Å². The minimum absolute atomic E-state index is 0.00554. The van der Waals surface area contributed by atoms with Gasteiger partial charge in [0.05, 0.1) is 0 Å².